The Balaban J connectivity index is 1.35. The van der Waals surface area contributed by atoms with Gasteiger partial charge in [-0.3, -0.25) is 4.79 Å². The van der Waals surface area contributed by atoms with E-state index in [0.29, 0.717) is 9.88 Å². The van der Waals surface area contributed by atoms with E-state index in [0.717, 1.165) is 22.3 Å². The number of nitrogens with zero attached hydrogens (tertiary/aromatic N) is 1. The first-order valence-electron chi connectivity index (χ1n) is 11.3. The molecule has 0 bridgehead atoms. The van der Waals surface area contributed by atoms with E-state index in [2.05, 4.69) is 39.9 Å². The third kappa shape index (κ3) is 5.19. The summed E-state index contributed by atoms with van der Waals surface area (Å²) < 4.78 is 5.53. The van der Waals surface area contributed by atoms with Crippen molar-refractivity contribution in [1.29, 1.82) is 0 Å². The van der Waals surface area contributed by atoms with Gasteiger partial charge < -0.3 is 20.5 Å². The summed E-state index contributed by atoms with van der Waals surface area (Å²) in [6, 6.07) is 15.2. The van der Waals surface area contributed by atoms with Crippen LogP contribution in [0.4, 0.5) is 4.79 Å². The molecular weight excluding hydrogens is 466 g/mol. The molecule has 9 heteroatoms. The van der Waals surface area contributed by atoms with Crippen molar-refractivity contribution in [3.05, 3.63) is 75.2 Å². The molecule has 2 aromatic carbocycles. The topological polar surface area (TPSA) is 118 Å². The zero-order chi connectivity index (χ0) is 25.1. The van der Waals surface area contributed by atoms with Crippen LogP contribution in [-0.2, 0) is 16.1 Å². The Bertz CT molecular complexity index is 1220. The van der Waals surface area contributed by atoms with E-state index in [4.69, 9.17) is 4.74 Å². The predicted octanol–water partition coefficient (Wildman–Crippen LogP) is 4.33. The summed E-state index contributed by atoms with van der Waals surface area (Å²) in [7, 11) is 0. The first kappa shape index (κ1) is 24.4. The van der Waals surface area contributed by atoms with Gasteiger partial charge in [0.25, 0.3) is 5.91 Å². The summed E-state index contributed by atoms with van der Waals surface area (Å²) in [5.41, 5.74) is 4.74. The number of alkyl carbamates (subject to hydrolysis) is 1. The monoisotopic (exact) mass is 493 g/mol. The number of carboxylic acids is 1. The van der Waals surface area contributed by atoms with Crippen LogP contribution in [0.5, 0.6) is 0 Å². The van der Waals surface area contributed by atoms with Crippen molar-refractivity contribution >= 4 is 29.3 Å². The van der Waals surface area contributed by atoms with Crippen LogP contribution in [0.1, 0.15) is 51.3 Å². The Labute approximate surface area is 207 Å². The molecule has 1 unspecified atom stereocenters. The summed E-state index contributed by atoms with van der Waals surface area (Å²) in [5, 5.41) is 15.0. The minimum atomic E-state index is -1.10. The number of aromatic nitrogens is 1. The van der Waals surface area contributed by atoms with Crippen LogP contribution in [0.25, 0.3) is 11.1 Å². The lowest BCUT2D eigenvalue weighted by atomic mass is 9.98. The predicted molar refractivity (Wildman–Crippen MR) is 132 cm³/mol. The molecule has 0 radical (unpaired) electrons. The van der Waals surface area contributed by atoms with Crippen molar-refractivity contribution in [2.75, 3.05) is 6.61 Å². The third-order valence-corrected chi connectivity index (χ3v) is 6.97. The maximum atomic E-state index is 12.5. The molecule has 0 saturated carbocycles. The van der Waals surface area contributed by atoms with Gasteiger partial charge in [0.15, 0.2) is 0 Å². The van der Waals surface area contributed by atoms with Crippen LogP contribution in [0.15, 0.2) is 48.5 Å². The number of amides is 2. The lowest BCUT2D eigenvalue weighted by molar-refractivity contribution is -0.140. The highest BCUT2D eigenvalue weighted by Crippen LogP contribution is 2.44. The van der Waals surface area contributed by atoms with Gasteiger partial charge in [0.2, 0.25) is 0 Å². The van der Waals surface area contributed by atoms with Crippen molar-refractivity contribution in [2.45, 2.75) is 39.3 Å². The molecule has 1 heterocycles. The number of carbonyl (C=O) groups excluding carboxylic acids is 2. The maximum Gasteiger partial charge on any atom is 0.407 e. The second-order valence-corrected chi connectivity index (χ2v) is 10.0. The quantitative estimate of drug-likeness (QED) is 0.430. The van der Waals surface area contributed by atoms with Crippen LogP contribution >= 0.6 is 11.3 Å². The SMILES string of the molecule is Cc1sc(CNC(=O)OCC2c3ccccc3-c3ccccc32)nc1C(=O)NC(C(=O)O)C(C)C. The van der Waals surface area contributed by atoms with Gasteiger partial charge in [0.1, 0.15) is 23.4 Å². The Morgan fingerprint density at radius 3 is 2.23 bits per heavy atom. The van der Waals surface area contributed by atoms with Crippen molar-refractivity contribution in [3.8, 4) is 11.1 Å². The molecule has 35 heavy (non-hydrogen) atoms. The molecule has 1 atom stereocenters. The lowest BCUT2D eigenvalue weighted by Crippen LogP contribution is -2.44. The van der Waals surface area contributed by atoms with Crippen molar-refractivity contribution in [3.63, 3.8) is 0 Å². The molecule has 1 aromatic heterocycles. The molecule has 0 spiro atoms. The van der Waals surface area contributed by atoms with Crippen LogP contribution in [-0.4, -0.2) is 40.7 Å². The number of carboxylic acid groups (broad SMARTS) is 1. The minimum absolute atomic E-state index is 0.0336. The van der Waals surface area contributed by atoms with Gasteiger partial charge in [0, 0.05) is 10.8 Å². The van der Waals surface area contributed by atoms with Gasteiger partial charge in [-0.15, -0.1) is 11.3 Å². The number of nitrogens with one attached hydrogen (secondary N) is 2. The third-order valence-electron chi connectivity index (χ3n) is 6.00. The van der Waals surface area contributed by atoms with Gasteiger partial charge in [-0.1, -0.05) is 62.4 Å². The van der Waals surface area contributed by atoms with E-state index in [9.17, 15) is 19.5 Å². The number of aryl methyl sites for hydroxylation is 1. The van der Waals surface area contributed by atoms with E-state index in [1.54, 1.807) is 20.8 Å². The number of hydrogen-bond acceptors (Lipinski definition) is 6. The van der Waals surface area contributed by atoms with E-state index >= 15 is 0 Å². The molecule has 2 amide bonds. The van der Waals surface area contributed by atoms with Crippen LogP contribution in [0.3, 0.4) is 0 Å². The molecule has 4 rings (SSSR count). The largest absolute Gasteiger partial charge is 0.480 e. The molecule has 0 fully saturated rings. The Kier molecular flexibility index (Phi) is 7.16. The number of rotatable bonds is 8. The van der Waals surface area contributed by atoms with Gasteiger partial charge in [-0.05, 0) is 35.1 Å². The fraction of sp³-hybridized carbons (Fsp3) is 0.308. The number of ether oxygens (including phenoxy) is 1. The standard InChI is InChI=1S/C26H27N3O5S/c1-14(2)22(25(31)32)29-24(30)23-15(3)35-21(28-23)12-27-26(33)34-13-20-18-10-6-4-8-16(18)17-9-5-7-11-19(17)20/h4-11,14,20,22H,12-13H2,1-3H3,(H,27,33)(H,29,30)(H,31,32). The van der Waals surface area contributed by atoms with Gasteiger partial charge in [-0.25, -0.2) is 14.6 Å². The average molecular weight is 494 g/mol. The van der Waals surface area contributed by atoms with Crippen LogP contribution in [0, 0.1) is 12.8 Å². The fourth-order valence-corrected chi connectivity index (χ4v) is 5.13. The summed E-state index contributed by atoms with van der Waals surface area (Å²) >= 11 is 1.26. The number of carbonyl (C=O) groups is 3. The summed E-state index contributed by atoms with van der Waals surface area (Å²) in [5.74, 6) is -1.95. The lowest BCUT2D eigenvalue weighted by Gasteiger charge is -2.17. The van der Waals surface area contributed by atoms with E-state index < -0.39 is 24.0 Å². The molecule has 8 nitrogen and oxygen atoms in total. The number of hydrogen-bond donors (Lipinski definition) is 3. The first-order valence-corrected chi connectivity index (χ1v) is 12.2. The number of fused-ring (bicyclic) bond motifs is 3. The molecule has 3 N–H and O–H groups in total. The molecule has 0 aliphatic heterocycles. The van der Waals surface area contributed by atoms with E-state index in [-0.39, 0.29) is 30.7 Å². The number of thiazole rings is 1. The minimum Gasteiger partial charge on any atom is -0.480 e. The second-order valence-electron chi connectivity index (χ2n) is 8.72. The molecule has 1 aliphatic carbocycles. The summed E-state index contributed by atoms with van der Waals surface area (Å²) in [4.78, 5) is 41.3. The Morgan fingerprint density at radius 1 is 1.06 bits per heavy atom. The zero-order valence-electron chi connectivity index (χ0n) is 19.7. The second kappa shape index (κ2) is 10.3. The molecule has 3 aromatic rings. The zero-order valence-corrected chi connectivity index (χ0v) is 20.5. The van der Waals surface area contributed by atoms with Crippen LogP contribution < -0.4 is 10.6 Å². The van der Waals surface area contributed by atoms with Crippen LogP contribution in [0.2, 0.25) is 0 Å². The number of aliphatic carboxylic acids is 1. The van der Waals surface area contributed by atoms with Crippen molar-refractivity contribution < 1.29 is 24.2 Å². The highest BCUT2D eigenvalue weighted by molar-refractivity contribution is 7.11. The Hall–Kier alpha value is -3.72. The highest BCUT2D eigenvalue weighted by Gasteiger charge is 2.29. The highest BCUT2D eigenvalue weighted by atomic mass is 32.1. The molecular formula is C26H27N3O5S. The first-order chi connectivity index (χ1) is 16.8. The van der Waals surface area contributed by atoms with Crippen molar-refractivity contribution in [1.82, 2.24) is 15.6 Å². The smallest absolute Gasteiger partial charge is 0.407 e. The van der Waals surface area contributed by atoms with Crippen molar-refractivity contribution in [2.24, 2.45) is 5.92 Å². The maximum absolute atomic E-state index is 12.5. The van der Waals surface area contributed by atoms with E-state index in [1.807, 2.05) is 24.3 Å². The number of benzene rings is 2. The van der Waals surface area contributed by atoms with Gasteiger partial charge in [-0.2, -0.15) is 0 Å². The van der Waals surface area contributed by atoms with Gasteiger partial charge >= 0.3 is 12.1 Å². The summed E-state index contributed by atoms with van der Waals surface area (Å²) in [6.45, 7) is 5.47. The molecule has 1 aliphatic rings. The van der Waals surface area contributed by atoms with Gasteiger partial charge in [0.05, 0.1) is 6.54 Å². The van der Waals surface area contributed by atoms with E-state index in [1.165, 1.54) is 11.3 Å². The normalized spacial score (nSPS) is 13.1. The molecule has 0 saturated heterocycles. The fourth-order valence-electron chi connectivity index (χ4n) is 4.26. The summed E-state index contributed by atoms with van der Waals surface area (Å²) in [6.07, 6.45) is -0.573. The molecule has 182 valence electrons. The average Bonchev–Trinajstić information content (AvgIpc) is 3.37. The Morgan fingerprint density at radius 2 is 1.66 bits per heavy atom.